The third-order valence-corrected chi connectivity index (χ3v) is 4.95. The number of hydrogen-bond acceptors (Lipinski definition) is 3. The first-order valence-electron chi connectivity index (χ1n) is 9.11. The quantitative estimate of drug-likeness (QED) is 0.743. The summed E-state index contributed by atoms with van der Waals surface area (Å²) in [7, 11) is 0. The predicted octanol–water partition coefficient (Wildman–Crippen LogP) is 3.61. The first kappa shape index (κ1) is 17.3. The van der Waals surface area contributed by atoms with Crippen molar-refractivity contribution in [2.75, 3.05) is 18.0 Å². The minimum atomic E-state index is -0.202. The van der Waals surface area contributed by atoms with Gasteiger partial charge >= 0.3 is 0 Å². The Balaban J connectivity index is 1.42. The maximum Gasteiger partial charge on any atom is 0.252 e. The van der Waals surface area contributed by atoms with Gasteiger partial charge < -0.3 is 15.2 Å². The van der Waals surface area contributed by atoms with Gasteiger partial charge in [-0.05, 0) is 31.0 Å². The van der Waals surface area contributed by atoms with Gasteiger partial charge in [-0.15, -0.1) is 0 Å². The van der Waals surface area contributed by atoms with Crippen molar-refractivity contribution in [3.05, 3.63) is 72.3 Å². The van der Waals surface area contributed by atoms with E-state index in [1.807, 2.05) is 35.2 Å². The Hall–Kier alpha value is -3.15. The van der Waals surface area contributed by atoms with E-state index in [9.17, 15) is 9.18 Å². The van der Waals surface area contributed by atoms with Crippen LogP contribution in [0.1, 0.15) is 23.2 Å². The van der Waals surface area contributed by atoms with Gasteiger partial charge in [-0.2, -0.15) is 0 Å². The van der Waals surface area contributed by atoms with E-state index in [0.717, 1.165) is 18.4 Å². The Morgan fingerprint density at radius 3 is 2.59 bits per heavy atom. The van der Waals surface area contributed by atoms with Crippen molar-refractivity contribution in [1.82, 2.24) is 15.3 Å². The molecule has 1 fully saturated rings. The summed E-state index contributed by atoms with van der Waals surface area (Å²) >= 11 is 0. The normalized spacial score (nSPS) is 14.9. The number of aromatic amines is 1. The summed E-state index contributed by atoms with van der Waals surface area (Å²) < 4.78 is 14.0. The second-order valence-corrected chi connectivity index (χ2v) is 6.67. The molecule has 138 valence electrons. The number of nitrogens with zero attached hydrogens (tertiary/aromatic N) is 2. The molecule has 4 rings (SSSR count). The molecule has 6 heteroatoms. The molecular weight excluding hydrogens is 343 g/mol. The summed E-state index contributed by atoms with van der Waals surface area (Å²) in [5.41, 5.74) is 2.01. The number of nitrogens with one attached hydrogen (secondary N) is 2. The standard InChI is InChI=1S/C21H21FN4O/c22-18-7-3-4-8-19(18)26-13-9-15(10-14-26)25-21(27)17-6-2-1-5-16(17)20-23-11-12-24-20/h1-8,11-12,15H,9-10,13-14H2,(H,23,24)(H,25,27). The molecule has 1 aliphatic heterocycles. The van der Waals surface area contributed by atoms with Crippen molar-refractivity contribution in [3.63, 3.8) is 0 Å². The molecule has 5 nitrogen and oxygen atoms in total. The second-order valence-electron chi connectivity index (χ2n) is 6.67. The molecule has 1 aliphatic rings. The van der Waals surface area contributed by atoms with Crippen LogP contribution in [0, 0.1) is 5.82 Å². The molecule has 2 aromatic carbocycles. The van der Waals surface area contributed by atoms with Crippen LogP contribution < -0.4 is 10.2 Å². The van der Waals surface area contributed by atoms with Gasteiger partial charge in [0.1, 0.15) is 11.6 Å². The summed E-state index contributed by atoms with van der Waals surface area (Å²) in [5, 5.41) is 3.12. The van der Waals surface area contributed by atoms with Crippen LogP contribution in [0.4, 0.5) is 10.1 Å². The molecule has 3 aromatic rings. The molecule has 0 spiro atoms. The smallest absolute Gasteiger partial charge is 0.252 e. The van der Waals surface area contributed by atoms with Gasteiger partial charge in [-0.3, -0.25) is 4.79 Å². The largest absolute Gasteiger partial charge is 0.369 e. The number of imidazole rings is 1. The molecule has 1 aromatic heterocycles. The average molecular weight is 364 g/mol. The zero-order valence-corrected chi connectivity index (χ0v) is 14.9. The van der Waals surface area contributed by atoms with E-state index in [1.165, 1.54) is 6.07 Å². The molecule has 0 atom stereocenters. The molecule has 0 unspecified atom stereocenters. The van der Waals surface area contributed by atoms with Crippen molar-refractivity contribution in [2.45, 2.75) is 18.9 Å². The Kier molecular flexibility index (Phi) is 4.87. The van der Waals surface area contributed by atoms with Crippen molar-refractivity contribution < 1.29 is 9.18 Å². The highest BCUT2D eigenvalue weighted by molar-refractivity contribution is 6.00. The number of piperidine rings is 1. The molecule has 0 saturated carbocycles. The highest BCUT2D eigenvalue weighted by atomic mass is 19.1. The van der Waals surface area contributed by atoms with Gasteiger partial charge in [-0.1, -0.05) is 30.3 Å². The third-order valence-electron chi connectivity index (χ3n) is 4.95. The number of carbonyl (C=O) groups excluding carboxylic acids is 1. The molecule has 0 radical (unpaired) electrons. The molecule has 2 heterocycles. The number of H-pyrrole nitrogens is 1. The predicted molar refractivity (Wildman–Crippen MR) is 103 cm³/mol. The zero-order valence-electron chi connectivity index (χ0n) is 14.9. The van der Waals surface area contributed by atoms with E-state index in [2.05, 4.69) is 15.3 Å². The van der Waals surface area contributed by atoms with Gasteiger partial charge in [-0.25, -0.2) is 9.37 Å². The fourth-order valence-corrected chi connectivity index (χ4v) is 3.54. The van der Waals surface area contributed by atoms with E-state index in [-0.39, 0.29) is 17.8 Å². The van der Waals surface area contributed by atoms with Crippen LogP contribution in [0.5, 0.6) is 0 Å². The van der Waals surface area contributed by atoms with Gasteiger partial charge in [0.2, 0.25) is 0 Å². The molecule has 2 N–H and O–H groups in total. The van der Waals surface area contributed by atoms with Crippen molar-refractivity contribution in [1.29, 1.82) is 0 Å². The number of rotatable bonds is 4. The van der Waals surface area contributed by atoms with E-state index < -0.39 is 0 Å². The van der Waals surface area contributed by atoms with Crippen molar-refractivity contribution >= 4 is 11.6 Å². The fraction of sp³-hybridized carbons (Fsp3) is 0.238. The lowest BCUT2D eigenvalue weighted by atomic mass is 10.0. The zero-order chi connectivity index (χ0) is 18.6. The lowest BCUT2D eigenvalue weighted by Gasteiger charge is -2.34. The van der Waals surface area contributed by atoms with E-state index >= 15 is 0 Å². The fourth-order valence-electron chi connectivity index (χ4n) is 3.54. The lowest BCUT2D eigenvalue weighted by molar-refractivity contribution is 0.0931. The number of aromatic nitrogens is 2. The topological polar surface area (TPSA) is 61.0 Å². The van der Waals surface area contributed by atoms with Crippen LogP contribution in [-0.2, 0) is 0 Å². The molecular formula is C21H21FN4O. The number of hydrogen-bond donors (Lipinski definition) is 2. The monoisotopic (exact) mass is 364 g/mol. The first-order valence-corrected chi connectivity index (χ1v) is 9.11. The summed E-state index contributed by atoms with van der Waals surface area (Å²) in [6.07, 6.45) is 4.97. The minimum absolute atomic E-state index is 0.0742. The molecule has 27 heavy (non-hydrogen) atoms. The van der Waals surface area contributed by atoms with Gasteiger partial charge in [0.15, 0.2) is 0 Å². The summed E-state index contributed by atoms with van der Waals surface area (Å²) in [6, 6.07) is 14.3. The van der Waals surface area contributed by atoms with E-state index in [4.69, 9.17) is 0 Å². The van der Waals surface area contributed by atoms with Gasteiger partial charge in [0, 0.05) is 37.1 Å². The Bertz CT molecular complexity index is 917. The molecule has 0 aliphatic carbocycles. The number of amides is 1. The number of anilines is 1. The Morgan fingerprint density at radius 1 is 1.11 bits per heavy atom. The summed E-state index contributed by atoms with van der Waals surface area (Å²) in [6.45, 7) is 1.43. The number of carbonyl (C=O) groups is 1. The summed E-state index contributed by atoms with van der Waals surface area (Å²) in [4.78, 5) is 22.1. The van der Waals surface area contributed by atoms with Crippen LogP contribution in [0.25, 0.3) is 11.4 Å². The van der Waals surface area contributed by atoms with Crippen molar-refractivity contribution in [3.8, 4) is 11.4 Å². The molecule has 0 bridgehead atoms. The van der Waals surface area contributed by atoms with Crippen LogP contribution in [0.2, 0.25) is 0 Å². The number of para-hydroxylation sites is 1. The van der Waals surface area contributed by atoms with Crippen LogP contribution >= 0.6 is 0 Å². The van der Waals surface area contributed by atoms with Crippen LogP contribution in [0.3, 0.4) is 0 Å². The number of benzene rings is 2. The number of halogens is 1. The minimum Gasteiger partial charge on any atom is -0.369 e. The van der Waals surface area contributed by atoms with E-state index in [1.54, 1.807) is 24.5 Å². The lowest BCUT2D eigenvalue weighted by Crippen LogP contribution is -2.45. The van der Waals surface area contributed by atoms with E-state index in [0.29, 0.717) is 30.2 Å². The average Bonchev–Trinajstić information content (AvgIpc) is 3.24. The Morgan fingerprint density at radius 2 is 1.85 bits per heavy atom. The highest BCUT2D eigenvalue weighted by Crippen LogP contribution is 2.24. The second kappa shape index (κ2) is 7.61. The first-order chi connectivity index (χ1) is 13.2. The maximum atomic E-state index is 14.0. The Labute approximate surface area is 157 Å². The summed E-state index contributed by atoms with van der Waals surface area (Å²) in [5.74, 6) is 0.369. The molecule has 1 amide bonds. The van der Waals surface area contributed by atoms with Crippen LogP contribution in [-0.4, -0.2) is 35.0 Å². The third kappa shape index (κ3) is 3.69. The maximum absolute atomic E-state index is 14.0. The SMILES string of the molecule is O=C(NC1CCN(c2ccccc2F)CC1)c1ccccc1-c1ncc[nH]1. The van der Waals surface area contributed by atoms with Crippen LogP contribution in [0.15, 0.2) is 60.9 Å². The van der Waals surface area contributed by atoms with Gasteiger partial charge in [0.25, 0.3) is 5.91 Å². The van der Waals surface area contributed by atoms with Gasteiger partial charge in [0.05, 0.1) is 11.3 Å². The molecule has 1 saturated heterocycles. The highest BCUT2D eigenvalue weighted by Gasteiger charge is 2.23. The van der Waals surface area contributed by atoms with Crippen molar-refractivity contribution in [2.24, 2.45) is 0 Å².